The highest BCUT2D eigenvalue weighted by molar-refractivity contribution is 7.08. The summed E-state index contributed by atoms with van der Waals surface area (Å²) < 4.78 is 0. The number of nitrogens with one attached hydrogen (secondary N) is 3. The summed E-state index contributed by atoms with van der Waals surface area (Å²) in [6.45, 7) is 0. The van der Waals surface area contributed by atoms with Crippen LogP contribution in [0.15, 0.2) is 102 Å². The zero-order valence-electron chi connectivity index (χ0n) is 20.7. The number of amides is 1. The first-order valence-corrected chi connectivity index (χ1v) is 13.4. The number of aromatic amines is 2. The number of rotatable bonds is 6. The van der Waals surface area contributed by atoms with Gasteiger partial charge < -0.3 is 10.3 Å². The van der Waals surface area contributed by atoms with Crippen LogP contribution in [-0.4, -0.2) is 31.1 Å². The van der Waals surface area contributed by atoms with Crippen LogP contribution in [0.1, 0.15) is 5.56 Å². The van der Waals surface area contributed by atoms with Crippen LogP contribution in [0.3, 0.4) is 0 Å². The standard InChI is InChI=1S/C31H22N6OS/c38-30(11-19-5-2-1-3-6-19)34-22-12-21(15-32-16-22)27-14-25-29(17-33-27)36-37-31(25)28-13-24-23(20-9-10-39-18-20)7-4-8-26(24)35-28/h1-10,12-18,35H,11H2,(H,34,38)(H,36,37). The van der Waals surface area contributed by atoms with E-state index in [1.165, 1.54) is 11.1 Å². The quantitative estimate of drug-likeness (QED) is 0.216. The normalized spacial score (nSPS) is 11.3. The molecule has 188 valence electrons. The number of aromatic nitrogens is 5. The van der Waals surface area contributed by atoms with Crippen LogP contribution in [0.25, 0.3) is 55.6 Å². The van der Waals surface area contributed by atoms with Gasteiger partial charge in [0.25, 0.3) is 0 Å². The Balaban J connectivity index is 1.21. The van der Waals surface area contributed by atoms with Crippen LogP contribution in [-0.2, 0) is 11.2 Å². The van der Waals surface area contributed by atoms with Crippen molar-refractivity contribution in [3.63, 3.8) is 0 Å². The molecule has 0 aliphatic heterocycles. The van der Waals surface area contributed by atoms with Gasteiger partial charge in [-0.25, -0.2) is 0 Å². The Morgan fingerprint density at radius 1 is 0.872 bits per heavy atom. The van der Waals surface area contributed by atoms with Crippen molar-refractivity contribution >= 4 is 44.7 Å². The van der Waals surface area contributed by atoms with E-state index < -0.39 is 0 Å². The topological polar surface area (TPSA) is 99.4 Å². The monoisotopic (exact) mass is 526 g/mol. The van der Waals surface area contributed by atoms with Crippen molar-refractivity contribution in [3.05, 3.63) is 108 Å². The molecule has 0 saturated heterocycles. The summed E-state index contributed by atoms with van der Waals surface area (Å²) in [5.41, 5.74) is 9.17. The lowest BCUT2D eigenvalue weighted by molar-refractivity contribution is -0.115. The van der Waals surface area contributed by atoms with Crippen LogP contribution in [0, 0.1) is 0 Å². The van der Waals surface area contributed by atoms with Crippen molar-refractivity contribution in [1.29, 1.82) is 0 Å². The molecule has 3 N–H and O–H groups in total. The van der Waals surface area contributed by atoms with Gasteiger partial charge in [-0.15, -0.1) is 0 Å². The lowest BCUT2D eigenvalue weighted by Crippen LogP contribution is -2.14. The molecule has 0 aliphatic carbocycles. The predicted octanol–water partition coefficient (Wildman–Crippen LogP) is 7.08. The van der Waals surface area contributed by atoms with Crippen molar-refractivity contribution in [2.24, 2.45) is 0 Å². The highest BCUT2D eigenvalue weighted by atomic mass is 32.1. The van der Waals surface area contributed by atoms with Gasteiger partial charge in [0.2, 0.25) is 5.91 Å². The Hall–Kier alpha value is -5.08. The van der Waals surface area contributed by atoms with E-state index in [9.17, 15) is 4.79 Å². The molecule has 7 rings (SSSR count). The summed E-state index contributed by atoms with van der Waals surface area (Å²) in [6.07, 6.45) is 5.47. The average Bonchev–Trinajstić information content (AvgIpc) is 3.73. The molecule has 8 heteroatoms. The molecule has 1 amide bonds. The molecule has 5 aromatic heterocycles. The van der Waals surface area contributed by atoms with Crippen molar-refractivity contribution in [1.82, 2.24) is 25.1 Å². The van der Waals surface area contributed by atoms with Crippen LogP contribution in [0.5, 0.6) is 0 Å². The molecular weight excluding hydrogens is 504 g/mol. The van der Waals surface area contributed by atoms with Crippen molar-refractivity contribution in [2.45, 2.75) is 6.42 Å². The SMILES string of the molecule is O=C(Cc1ccccc1)Nc1cncc(-c2cc3c(-c4cc5c(-c6ccsc6)cccc5[nH]4)n[nH]c3cn2)c1. The van der Waals surface area contributed by atoms with Gasteiger partial charge in [-0.2, -0.15) is 16.4 Å². The number of H-pyrrole nitrogens is 2. The van der Waals surface area contributed by atoms with E-state index >= 15 is 0 Å². The fourth-order valence-electron chi connectivity index (χ4n) is 4.87. The fraction of sp³-hybridized carbons (Fsp3) is 0.0323. The summed E-state index contributed by atoms with van der Waals surface area (Å²) in [5.74, 6) is -0.0960. The van der Waals surface area contributed by atoms with E-state index in [0.717, 1.165) is 50.0 Å². The van der Waals surface area contributed by atoms with Gasteiger partial charge >= 0.3 is 0 Å². The molecule has 0 bridgehead atoms. The number of carbonyl (C=O) groups is 1. The van der Waals surface area contributed by atoms with E-state index in [1.54, 1.807) is 29.9 Å². The van der Waals surface area contributed by atoms with E-state index in [-0.39, 0.29) is 5.91 Å². The average molecular weight is 527 g/mol. The second kappa shape index (κ2) is 9.66. The van der Waals surface area contributed by atoms with Crippen LogP contribution < -0.4 is 5.32 Å². The molecular formula is C31H22N6OS. The minimum Gasteiger partial charge on any atom is -0.353 e. The number of pyridine rings is 2. The largest absolute Gasteiger partial charge is 0.353 e. The van der Waals surface area contributed by atoms with Gasteiger partial charge in [0.05, 0.1) is 41.4 Å². The zero-order chi connectivity index (χ0) is 26.2. The van der Waals surface area contributed by atoms with Crippen molar-refractivity contribution in [2.75, 3.05) is 5.32 Å². The van der Waals surface area contributed by atoms with E-state index in [0.29, 0.717) is 12.1 Å². The molecule has 2 aromatic carbocycles. The minimum absolute atomic E-state index is 0.0960. The second-order valence-corrected chi connectivity index (χ2v) is 10.1. The summed E-state index contributed by atoms with van der Waals surface area (Å²) >= 11 is 1.69. The minimum atomic E-state index is -0.0960. The van der Waals surface area contributed by atoms with Gasteiger partial charge in [-0.1, -0.05) is 42.5 Å². The van der Waals surface area contributed by atoms with Crippen molar-refractivity contribution < 1.29 is 4.79 Å². The fourth-order valence-corrected chi connectivity index (χ4v) is 5.52. The third kappa shape index (κ3) is 4.47. The molecule has 0 aliphatic rings. The molecule has 0 radical (unpaired) electrons. The van der Waals surface area contributed by atoms with E-state index in [2.05, 4.69) is 71.6 Å². The molecule has 7 aromatic rings. The van der Waals surface area contributed by atoms with E-state index in [1.807, 2.05) is 42.5 Å². The molecule has 0 saturated carbocycles. The second-order valence-electron chi connectivity index (χ2n) is 9.32. The van der Waals surface area contributed by atoms with Crippen LogP contribution in [0.4, 0.5) is 5.69 Å². The molecule has 5 heterocycles. The third-order valence-electron chi connectivity index (χ3n) is 6.72. The maximum absolute atomic E-state index is 12.6. The maximum atomic E-state index is 12.6. The number of thiophene rings is 1. The van der Waals surface area contributed by atoms with Gasteiger partial charge in [0.1, 0.15) is 5.69 Å². The predicted molar refractivity (Wildman–Crippen MR) is 157 cm³/mol. The first-order chi connectivity index (χ1) is 19.2. The van der Waals surface area contributed by atoms with Gasteiger partial charge in [-0.3, -0.25) is 19.9 Å². The van der Waals surface area contributed by atoms with Gasteiger partial charge in [0.15, 0.2) is 0 Å². The number of carbonyl (C=O) groups excluding carboxylic acids is 1. The summed E-state index contributed by atoms with van der Waals surface area (Å²) in [5, 5.41) is 17.0. The Labute approximate surface area is 227 Å². The number of nitrogens with zero attached hydrogens (tertiary/aromatic N) is 3. The maximum Gasteiger partial charge on any atom is 0.228 e. The molecule has 0 spiro atoms. The number of fused-ring (bicyclic) bond motifs is 2. The molecule has 7 nitrogen and oxygen atoms in total. The highest BCUT2D eigenvalue weighted by Crippen LogP contribution is 2.35. The number of benzene rings is 2. The van der Waals surface area contributed by atoms with Crippen molar-refractivity contribution in [3.8, 4) is 33.8 Å². The Morgan fingerprint density at radius 3 is 2.67 bits per heavy atom. The van der Waals surface area contributed by atoms with Gasteiger partial charge in [-0.05, 0) is 57.8 Å². The number of hydrogen-bond acceptors (Lipinski definition) is 5. The van der Waals surface area contributed by atoms with E-state index in [4.69, 9.17) is 0 Å². The highest BCUT2D eigenvalue weighted by Gasteiger charge is 2.15. The van der Waals surface area contributed by atoms with Crippen LogP contribution >= 0.6 is 11.3 Å². The first-order valence-electron chi connectivity index (χ1n) is 12.5. The Kier molecular flexibility index (Phi) is 5.71. The summed E-state index contributed by atoms with van der Waals surface area (Å²) in [7, 11) is 0. The van der Waals surface area contributed by atoms with Crippen LogP contribution in [0.2, 0.25) is 0 Å². The third-order valence-corrected chi connectivity index (χ3v) is 7.41. The summed E-state index contributed by atoms with van der Waals surface area (Å²) in [4.78, 5) is 25.1. The lowest BCUT2D eigenvalue weighted by atomic mass is 10.0. The molecule has 0 fully saturated rings. The number of hydrogen-bond donors (Lipinski definition) is 3. The number of anilines is 1. The zero-order valence-corrected chi connectivity index (χ0v) is 21.5. The molecule has 0 unspecified atom stereocenters. The lowest BCUT2D eigenvalue weighted by Gasteiger charge is -2.07. The smallest absolute Gasteiger partial charge is 0.228 e. The molecule has 0 atom stereocenters. The summed E-state index contributed by atoms with van der Waals surface area (Å²) in [6, 6.07) is 24.1. The molecule has 39 heavy (non-hydrogen) atoms. The first kappa shape index (κ1) is 23.1. The van der Waals surface area contributed by atoms with Gasteiger partial charge in [0, 0.05) is 28.0 Å². The Morgan fingerprint density at radius 2 is 1.79 bits per heavy atom. The Bertz CT molecular complexity index is 1940.